The number of nitrogens with zero attached hydrogens (tertiary/aromatic N) is 3. The number of phenols is 1. The largest absolute Gasteiger partial charge is 0.507 e. The van der Waals surface area contributed by atoms with Gasteiger partial charge in [-0.2, -0.15) is 0 Å². The molecule has 2 aromatic rings. The van der Waals surface area contributed by atoms with Crippen LogP contribution in [0.3, 0.4) is 0 Å². The van der Waals surface area contributed by atoms with Gasteiger partial charge in [0.2, 0.25) is 5.91 Å². The summed E-state index contributed by atoms with van der Waals surface area (Å²) in [6.45, 7) is 4.56. The van der Waals surface area contributed by atoms with E-state index in [9.17, 15) is 14.7 Å². The van der Waals surface area contributed by atoms with Crippen molar-refractivity contribution in [3.8, 4) is 5.75 Å². The molecule has 4 heterocycles. The van der Waals surface area contributed by atoms with Gasteiger partial charge in [0.05, 0.1) is 5.56 Å². The van der Waals surface area contributed by atoms with Crippen molar-refractivity contribution in [2.45, 2.75) is 44.3 Å². The van der Waals surface area contributed by atoms with Gasteiger partial charge in [0.25, 0.3) is 5.91 Å². The molecule has 5 fully saturated rings. The molecule has 6 nitrogen and oxygen atoms in total. The van der Waals surface area contributed by atoms with Crippen LogP contribution in [0.5, 0.6) is 5.75 Å². The van der Waals surface area contributed by atoms with Gasteiger partial charge < -0.3 is 14.9 Å². The number of para-hydroxylation sites is 1. The summed E-state index contributed by atoms with van der Waals surface area (Å²) in [6.07, 6.45) is 3.83. The van der Waals surface area contributed by atoms with Crippen LogP contribution in [0.25, 0.3) is 0 Å². The summed E-state index contributed by atoms with van der Waals surface area (Å²) in [5, 5.41) is 10.2. The van der Waals surface area contributed by atoms with Crippen LogP contribution >= 0.6 is 0 Å². The van der Waals surface area contributed by atoms with Gasteiger partial charge in [0.1, 0.15) is 11.8 Å². The third-order valence-electron chi connectivity index (χ3n) is 8.72. The van der Waals surface area contributed by atoms with E-state index in [1.807, 2.05) is 0 Å². The highest BCUT2D eigenvalue weighted by Gasteiger charge is 2.53. The fraction of sp³-hybridized carbons (Fsp3) is 0.500. The summed E-state index contributed by atoms with van der Waals surface area (Å²) >= 11 is 0. The molecule has 6 heteroatoms. The van der Waals surface area contributed by atoms with Gasteiger partial charge in [0, 0.05) is 38.8 Å². The zero-order chi connectivity index (χ0) is 23.2. The maximum atomic E-state index is 13.8. The van der Waals surface area contributed by atoms with Crippen LogP contribution in [0.4, 0.5) is 0 Å². The Hall–Kier alpha value is -2.86. The van der Waals surface area contributed by atoms with Crippen molar-refractivity contribution in [2.24, 2.45) is 17.8 Å². The second-order valence-corrected chi connectivity index (χ2v) is 10.6. The number of rotatable bonds is 4. The number of hydrogen-bond donors (Lipinski definition) is 1. The van der Waals surface area contributed by atoms with Crippen LogP contribution in [-0.2, 0) is 11.3 Å². The van der Waals surface area contributed by atoms with Crippen LogP contribution in [0.15, 0.2) is 54.6 Å². The first-order chi connectivity index (χ1) is 16.6. The number of fused-ring (bicyclic) bond motifs is 2. The lowest BCUT2D eigenvalue weighted by Gasteiger charge is -2.53. The van der Waals surface area contributed by atoms with Crippen LogP contribution in [0, 0.1) is 17.8 Å². The monoisotopic (exact) mass is 459 g/mol. The summed E-state index contributed by atoms with van der Waals surface area (Å²) in [4.78, 5) is 33.5. The molecule has 4 saturated heterocycles. The Bertz CT molecular complexity index is 1070. The Morgan fingerprint density at radius 1 is 0.853 bits per heavy atom. The third kappa shape index (κ3) is 3.68. The first-order valence-electron chi connectivity index (χ1n) is 12.8. The topological polar surface area (TPSA) is 64.1 Å². The average Bonchev–Trinajstić information content (AvgIpc) is 3.53. The molecule has 0 spiro atoms. The maximum Gasteiger partial charge on any atom is 0.258 e. The van der Waals surface area contributed by atoms with E-state index in [0.29, 0.717) is 30.7 Å². The number of benzene rings is 2. The molecular weight excluding hydrogens is 426 g/mol. The van der Waals surface area contributed by atoms with Gasteiger partial charge in [-0.1, -0.05) is 42.5 Å². The standard InChI is InChI=1S/C28H33N3O3/c32-26-11-5-4-9-21(26)27(33)30-14-6-10-25(30)28(34)31-16-20-12-13-24(31)23-18-29(17-22(20)23)15-19-7-2-1-3-8-19/h1-5,7-9,11,20,22-25,32H,6,10,12-18H2. The number of amides is 2. The number of phenolic OH excluding ortho intramolecular Hbond substituents is 1. The fourth-order valence-electron chi connectivity index (χ4n) is 7.15. The predicted octanol–water partition coefficient (Wildman–Crippen LogP) is 3.37. The summed E-state index contributed by atoms with van der Waals surface area (Å²) in [7, 11) is 0. The van der Waals surface area contributed by atoms with Crippen molar-refractivity contribution in [1.82, 2.24) is 14.7 Å². The Labute approximate surface area is 201 Å². The van der Waals surface area contributed by atoms with E-state index in [1.54, 1.807) is 23.1 Å². The molecule has 2 bridgehead atoms. The summed E-state index contributed by atoms with van der Waals surface area (Å²) in [6, 6.07) is 17.2. The van der Waals surface area contributed by atoms with Gasteiger partial charge in [-0.05, 0) is 61.1 Å². The quantitative estimate of drug-likeness (QED) is 0.762. The van der Waals surface area contributed by atoms with Crippen molar-refractivity contribution in [3.05, 3.63) is 65.7 Å². The number of hydrogen-bond acceptors (Lipinski definition) is 4. The Balaban J connectivity index is 1.17. The lowest BCUT2D eigenvalue weighted by atomic mass is 9.66. The molecule has 34 heavy (non-hydrogen) atoms. The lowest BCUT2D eigenvalue weighted by Crippen LogP contribution is -2.62. The zero-order valence-corrected chi connectivity index (χ0v) is 19.6. The Morgan fingerprint density at radius 3 is 2.44 bits per heavy atom. The van der Waals surface area contributed by atoms with Crippen molar-refractivity contribution >= 4 is 11.8 Å². The van der Waals surface area contributed by atoms with E-state index in [4.69, 9.17) is 0 Å². The smallest absolute Gasteiger partial charge is 0.258 e. The molecule has 4 aliphatic heterocycles. The normalized spacial score (nSPS) is 30.5. The summed E-state index contributed by atoms with van der Waals surface area (Å²) in [5.41, 5.74) is 1.64. The molecule has 2 amide bonds. The maximum absolute atomic E-state index is 13.8. The van der Waals surface area contributed by atoms with E-state index < -0.39 is 6.04 Å². The SMILES string of the molecule is O=C(c1ccccc1O)N1CCCC1C(=O)N1CC2CCC1C1CN(Cc3ccccc3)CC21. The number of piperidine rings is 2. The fourth-order valence-corrected chi connectivity index (χ4v) is 7.15. The van der Waals surface area contributed by atoms with E-state index >= 15 is 0 Å². The first-order valence-corrected chi connectivity index (χ1v) is 12.8. The molecule has 5 aliphatic rings. The van der Waals surface area contributed by atoms with Gasteiger partial charge in [-0.3, -0.25) is 14.5 Å². The summed E-state index contributed by atoms with van der Waals surface area (Å²) < 4.78 is 0. The molecular formula is C28H33N3O3. The van der Waals surface area contributed by atoms with E-state index in [0.717, 1.165) is 39.0 Å². The Kier molecular flexibility index (Phi) is 5.56. The van der Waals surface area contributed by atoms with Gasteiger partial charge in [0.15, 0.2) is 0 Å². The van der Waals surface area contributed by atoms with E-state index in [-0.39, 0.29) is 29.2 Å². The minimum atomic E-state index is -0.410. The van der Waals surface area contributed by atoms with Gasteiger partial charge in [-0.25, -0.2) is 0 Å². The molecule has 2 aromatic carbocycles. The molecule has 0 radical (unpaired) electrons. The lowest BCUT2D eigenvalue weighted by molar-refractivity contribution is -0.147. The van der Waals surface area contributed by atoms with E-state index in [2.05, 4.69) is 40.1 Å². The third-order valence-corrected chi connectivity index (χ3v) is 8.72. The predicted molar refractivity (Wildman–Crippen MR) is 129 cm³/mol. The van der Waals surface area contributed by atoms with Crippen molar-refractivity contribution < 1.29 is 14.7 Å². The minimum absolute atomic E-state index is 0.0186. The molecule has 1 aliphatic carbocycles. The van der Waals surface area contributed by atoms with E-state index in [1.165, 1.54) is 18.1 Å². The molecule has 178 valence electrons. The molecule has 1 N–H and O–H groups in total. The van der Waals surface area contributed by atoms with Crippen LogP contribution < -0.4 is 0 Å². The zero-order valence-electron chi connectivity index (χ0n) is 19.6. The first kappa shape index (κ1) is 21.7. The molecule has 5 atom stereocenters. The highest BCUT2D eigenvalue weighted by atomic mass is 16.3. The average molecular weight is 460 g/mol. The van der Waals surface area contributed by atoms with Crippen molar-refractivity contribution in [3.63, 3.8) is 0 Å². The second kappa shape index (κ2) is 8.73. The van der Waals surface area contributed by atoms with Gasteiger partial charge in [-0.15, -0.1) is 0 Å². The van der Waals surface area contributed by atoms with Crippen molar-refractivity contribution in [1.29, 1.82) is 0 Å². The van der Waals surface area contributed by atoms with Gasteiger partial charge >= 0.3 is 0 Å². The van der Waals surface area contributed by atoms with Crippen molar-refractivity contribution in [2.75, 3.05) is 26.2 Å². The number of likely N-dealkylation sites (tertiary alicyclic amines) is 2. The van der Waals surface area contributed by atoms with Crippen LogP contribution in [0.2, 0.25) is 0 Å². The molecule has 7 rings (SSSR count). The highest BCUT2D eigenvalue weighted by Crippen LogP contribution is 2.48. The molecule has 0 aromatic heterocycles. The minimum Gasteiger partial charge on any atom is -0.507 e. The van der Waals surface area contributed by atoms with Crippen LogP contribution in [0.1, 0.15) is 41.6 Å². The molecule has 1 saturated carbocycles. The highest BCUT2D eigenvalue weighted by molar-refractivity contribution is 6.00. The number of carbonyl (C=O) groups excluding carboxylic acids is 2. The summed E-state index contributed by atoms with van der Waals surface area (Å²) in [5.74, 6) is 1.64. The number of carbonyl (C=O) groups is 2. The molecule has 5 unspecified atom stereocenters. The second-order valence-electron chi connectivity index (χ2n) is 10.6. The number of aromatic hydroxyl groups is 1. The Morgan fingerprint density at radius 2 is 1.62 bits per heavy atom. The van der Waals surface area contributed by atoms with Crippen LogP contribution in [-0.4, -0.2) is 69.9 Å².